The Labute approximate surface area is 223 Å². The van der Waals surface area contributed by atoms with Crippen LogP contribution in [0.25, 0.3) is 22.2 Å². The molecule has 9 nitrogen and oxygen atoms in total. The van der Waals surface area contributed by atoms with E-state index in [9.17, 15) is 8.42 Å². The molecule has 0 bridgehead atoms. The van der Waals surface area contributed by atoms with Crippen molar-refractivity contribution in [2.75, 3.05) is 29.1 Å². The molecule has 5 heterocycles. The van der Waals surface area contributed by atoms with Crippen molar-refractivity contribution in [2.45, 2.75) is 44.8 Å². The number of nitrogens with zero attached hydrogens (tertiary/aromatic N) is 6. The number of aryl methyl sites for hydroxylation is 2. The van der Waals surface area contributed by atoms with Crippen molar-refractivity contribution < 1.29 is 8.42 Å². The fraction of sp³-hybridized carbons (Fsp3) is 0.429. The van der Waals surface area contributed by atoms with Crippen LogP contribution in [0.1, 0.15) is 43.9 Å². The van der Waals surface area contributed by atoms with Gasteiger partial charge in [-0.2, -0.15) is 5.10 Å². The number of hydrogen-bond acceptors (Lipinski definition) is 8. The fourth-order valence-corrected chi connectivity index (χ4v) is 8.05. The molecule has 10 heteroatoms. The van der Waals surface area contributed by atoms with Gasteiger partial charge < -0.3 is 10.2 Å². The van der Waals surface area contributed by atoms with Gasteiger partial charge in [-0.05, 0) is 54.8 Å². The highest BCUT2D eigenvalue weighted by atomic mass is 32.2. The second-order valence-electron chi connectivity index (χ2n) is 10.8. The minimum Gasteiger partial charge on any atom is -0.370 e. The van der Waals surface area contributed by atoms with Gasteiger partial charge in [0.2, 0.25) is 0 Å². The summed E-state index contributed by atoms with van der Waals surface area (Å²) < 4.78 is 26.6. The van der Waals surface area contributed by atoms with Crippen molar-refractivity contribution in [2.24, 2.45) is 13.0 Å². The molecule has 0 saturated carbocycles. The molecule has 2 fully saturated rings. The van der Waals surface area contributed by atoms with Gasteiger partial charge in [0, 0.05) is 55.7 Å². The summed E-state index contributed by atoms with van der Waals surface area (Å²) in [5, 5.41) is 9.81. The van der Waals surface area contributed by atoms with Gasteiger partial charge in [-0.15, -0.1) is 0 Å². The molecule has 0 radical (unpaired) electrons. The molecule has 2 aliphatic heterocycles. The van der Waals surface area contributed by atoms with Gasteiger partial charge >= 0.3 is 0 Å². The van der Waals surface area contributed by atoms with Crippen LogP contribution in [0.15, 0.2) is 42.9 Å². The van der Waals surface area contributed by atoms with Crippen molar-refractivity contribution in [3.63, 3.8) is 0 Å². The molecule has 38 heavy (non-hydrogen) atoms. The lowest BCUT2D eigenvalue weighted by molar-refractivity contribution is 0.382. The van der Waals surface area contributed by atoms with E-state index in [0.29, 0.717) is 29.1 Å². The van der Waals surface area contributed by atoms with Gasteiger partial charge in [-0.25, -0.2) is 23.4 Å². The lowest BCUT2D eigenvalue weighted by Crippen LogP contribution is -2.53. The lowest BCUT2D eigenvalue weighted by atomic mass is 9.90. The second kappa shape index (κ2) is 9.34. The van der Waals surface area contributed by atoms with Gasteiger partial charge in [0.05, 0.1) is 22.3 Å². The maximum atomic E-state index is 12.4. The van der Waals surface area contributed by atoms with E-state index in [-0.39, 0.29) is 11.2 Å². The molecular formula is C28H33N7O2S. The van der Waals surface area contributed by atoms with E-state index in [2.05, 4.69) is 52.3 Å². The quantitative estimate of drug-likeness (QED) is 0.384. The summed E-state index contributed by atoms with van der Waals surface area (Å²) in [6, 6.07) is 8.28. The van der Waals surface area contributed by atoms with Crippen LogP contribution in [-0.4, -0.2) is 57.2 Å². The minimum absolute atomic E-state index is 0.179. The van der Waals surface area contributed by atoms with Crippen LogP contribution >= 0.6 is 0 Å². The number of aromatic nitrogens is 5. The van der Waals surface area contributed by atoms with Crippen LogP contribution in [0.4, 0.5) is 17.3 Å². The summed E-state index contributed by atoms with van der Waals surface area (Å²) in [4.78, 5) is 16.2. The second-order valence-corrected chi connectivity index (χ2v) is 13.2. The molecule has 198 valence electrons. The number of anilines is 3. The molecule has 4 aromatic rings. The van der Waals surface area contributed by atoms with Gasteiger partial charge in [-0.3, -0.25) is 4.68 Å². The molecule has 0 spiro atoms. The predicted octanol–water partition coefficient (Wildman–Crippen LogP) is 4.61. The third-order valence-electron chi connectivity index (χ3n) is 7.85. The molecule has 3 aromatic heterocycles. The Bertz CT molecular complexity index is 1620. The van der Waals surface area contributed by atoms with E-state index in [1.807, 2.05) is 32.4 Å². The first-order chi connectivity index (χ1) is 18.2. The van der Waals surface area contributed by atoms with E-state index < -0.39 is 9.84 Å². The molecule has 1 N–H and O–H groups in total. The Kier molecular flexibility index (Phi) is 6.09. The summed E-state index contributed by atoms with van der Waals surface area (Å²) >= 11 is 0. The van der Waals surface area contributed by atoms with Gasteiger partial charge in [0.25, 0.3) is 0 Å². The number of nitrogens with one attached hydrogen (secondary N) is 1. The Morgan fingerprint density at radius 1 is 1.08 bits per heavy atom. The van der Waals surface area contributed by atoms with Gasteiger partial charge in [-0.1, -0.05) is 19.9 Å². The van der Waals surface area contributed by atoms with E-state index in [0.717, 1.165) is 53.6 Å². The van der Waals surface area contributed by atoms with Crippen LogP contribution in [0.2, 0.25) is 0 Å². The monoisotopic (exact) mass is 531 g/mol. The van der Waals surface area contributed by atoms with Crippen LogP contribution in [0.5, 0.6) is 0 Å². The Balaban J connectivity index is 1.29. The number of benzene rings is 1. The predicted molar refractivity (Wildman–Crippen MR) is 151 cm³/mol. The highest BCUT2D eigenvalue weighted by Gasteiger charge is 2.43. The van der Waals surface area contributed by atoms with Crippen molar-refractivity contribution in [1.29, 1.82) is 0 Å². The number of fused-ring (bicyclic) bond motifs is 1. The van der Waals surface area contributed by atoms with Crippen molar-refractivity contribution in [3.05, 3.63) is 54.1 Å². The summed E-state index contributed by atoms with van der Waals surface area (Å²) in [6.07, 6.45) is 7.18. The number of sulfone groups is 1. The first-order valence-electron chi connectivity index (χ1n) is 13.2. The standard InChI is InChI=1S/C28H33N7O2S/c1-17(2)20-7-8-24(35-14-19(15-35)25-6-5-11-38(25,36)37)22-13-30-27(12-21(20)22)31-26-9-10-29-28(32-26)23-16-34(4)33-18(23)3/h7-10,12-13,16-17,19,25H,5-6,11,14-15H2,1-4H3,(H,29,30,31,32)/t25-/m0/s1. The molecule has 6 rings (SSSR count). The summed E-state index contributed by atoms with van der Waals surface area (Å²) in [5.74, 6) is 2.89. The molecule has 1 aromatic carbocycles. The Morgan fingerprint density at radius 3 is 2.58 bits per heavy atom. The van der Waals surface area contributed by atoms with E-state index in [1.54, 1.807) is 10.9 Å². The molecule has 0 amide bonds. The molecule has 0 unspecified atom stereocenters. The third kappa shape index (κ3) is 4.40. The summed E-state index contributed by atoms with van der Waals surface area (Å²) in [7, 11) is -1.05. The van der Waals surface area contributed by atoms with Gasteiger partial charge in [0.1, 0.15) is 11.6 Å². The van der Waals surface area contributed by atoms with E-state index in [1.165, 1.54) is 5.56 Å². The maximum absolute atomic E-state index is 12.4. The highest BCUT2D eigenvalue weighted by Crippen LogP contribution is 2.40. The SMILES string of the molecule is Cc1nn(C)cc1-c1nccc(Nc2cc3c(C(C)C)ccc(N4CC([C@@H]5CCCS5(=O)=O)C4)c3cn2)n1. The largest absolute Gasteiger partial charge is 0.370 e. The first kappa shape index (κ1) is 24.8. The van der Waals surface area contributed by atoms with Crippen molar-refractivity contribution in [1.82, 2.24) is 24.7 Å². The van der Waals surface area contributed by atoms with Crippen LogP contribution in [-0.2, 0) is 16.9 Å². The Morgan fingerprint density at radius 2 is 1.89 bits per heavy atom. The van der Waals surface area contributed by atoms with E-state index >= 15 is 0 Å². The van der Waals surface area contributed by atoms with Crippen molar-refractivity contribution >= 4 is 37.9 Å². The topological polar surface area (TPSA) is 106 Å². The normalized spacial score (nSPS) is 19.3. The molecular weight excluding hydrogens is 498 g/mol. The third-order valence-corrected chi connectivity index (χ3v) is 10.3. The van der Waals surface area contributed by atoms with Crippen LogP contribution < -0.4 is 10.2 Å². The average molecular weight is 532 g/mol. The first-order valence-corrected chi connectivity index (χ1v) is 14.9. The summed E-state index contributed by atoms with van der Waals surface area (Å²) in [6.45, 7) is 7.88. The number of hydrogen-bond donors (Lipinski definition) is 1. The zero-order valence-corrected chi connectivity index (χ0v) is 23.0. The average Bonchev–Trinajstić information content (AvgIpc) is 3.37. The fourth-order valence-electron chi connectivity index (χ4n) is 5.89. The van der Waals surface area contributed by atoms with Crippen LogP contribution in [0.3, 0.4) is 0 Å². The van der Waals surface area contributed by atoms with Crippen molar-refractivity contribution in [3.8, 4) is 11.4 Å². The summed E-state index contributed by atoms with van der Waals surface area (Å²) in [5.41, 5.74) is 4.14. The maximum Gasteiger partial charge on any atom is 0.164 e. The number of rotatable bonds is 6. The molecule has 1 atom stereocenters. The Hall–Kier alpha value is -3.53. The minimum atomic E-state index is -2.93. The zero-order chi connectivity index (χ0) is 26.6. The smallest absolute Gasteiger partial charge is 0.164 e. The van der Waals surface area contributed by atoms with Crippen LogP contribution in [0, 0.1) is 12.8 Å². The molecule has 0 aliphatic carbocycles. The zero-order valence-electron chi connectivity index (χ0n) is 22.2. The lowest BCUT2D eigenvalue weighted by Gasteiger charge is -2.44. The highest BCUT2D eigenvalue weighted by molar-refractivity contribution is 7.92. The van der Waals surface area contributed by atoms with Gasteiger partial charge in [0.15, 0.2) is 15.7 Å². The number of pyridine rings is 1. The van der Waals surface area contributed by atoms with E-state index in [4.69, 9.17) is 9.97 Å². The molecule has 2 aliphatic rings. The molecule has 2 saturated heterocycles.